The van der Waals surface area contributed by atoms with Crippen LogP contribution in [0.4, 0.5) is 0 Å². The molecule has 9 unspecified atom stereocenters. The first-order valence-corrected chi connectivity index (χ1v) is 13.8. The van der Waals surface area contributed by atoms with Gasteiger partial charge in [-0.1, -0.05) is 37.6 Å². The summed E-state index contributed by atoms with van der Waals surface area (Å²) in [5, 5.41) is 19.7. The van der Waals surface area contributed by atoms with Crippen LogP contribution >= 0.6 is 0 Å². The van der Waals surface area contributed by atoms with Crippen molar-refractivity contribution in [2.24, 2.45) is 28.6 Å². The average molecular weight is 480 g/mol. The average Bonchev–Trinajstić information content (AvgIpc) is 3.21. The first-order valence-electron chi connectivity index (χ1n) is 13.8. The summed E-state index contributed by atoms with van der Waals surface area (Å²) in [4.78, 5) is 4.41. The summed E-state index contributed by atoms with van der Waals surface area (Å²) in [7, 11) is 0. The maximum absolute atomic E-state index is 10.2. The molecule has 4 aliphatic carbocycles. The number of aliphatic hydroxyl groups is 2. The molecule has 9 atom stereocenters. The van der Waals surface area contributed by atoms with Crippen LogP contribution in [0.1, 0.15) is 77.2 Å². The summed E-state index contributed by atoms with van der Waals surface area (Å²) < 4.78 is 12.3. The molecule has 2 N–H and O–H groups in total. The van der Waals surface area contributed by atoms with Crippen molar-refractivity contribution in [3.05, 3.63) is 47.8 Å². The van der Waals surface area contributed by atoms with Crippen LogP contribution in [0.5, 0.6) is 0 Å². The highest BCUT2D eigenvalue weighted by Crippen LogP contribution is 2.66. The first-order chi connectivity index (χ1) is 16.9. The fourth-order valence-electron chi connectivity index (χ4n) is 8.65. The zero-order valence-corrected chi connectivity index (χ0v) is 21.2. The number of ether oxygens (including phenoxy) is 2. The van der Waals surface area contributed by atoms with E-state index in [0.717, 1.165) is 31.1 Å². The lowest BCUT2D eigenvalue weighted by Crippen LogP contribution is -2.50. The molecule has 1 aliphatic heterocycles. The highest BCUT2D eigenvalue weighted by Gasteiger charge is 2.57. The Kier molecular flexibility index (Phi) is 6.19. The molecule has 35 heavy (non-hydrogen) atoms. The molecule has 5 heteroatoms. The zero-order chi connectivity index (χ0) is 24.2. The van der Waals surface area contributed by atoms with Gasteiger partial charge in [-0.25, -0.2) is 0 Å². The Morgan fingerprint density at radius 2 is 1.94 bits per heavy atom. The van der Waals surface area contributed by atoms with E-state index in [1.165, 1.54) is 36.8 Å². The lowest BCUT2D eigenvalue weighted by Gasteiger charge is -2.58. The first kappa shape index (κ1) is 23.8. The molecule has 0 aromatic carbocycles. The third-order valence-corrected chi connectivity index (χ3v) is 10.5. The van der Waals surface area contributed by atoms with Crippen LogP contribution < -0.4 is 0 Å². The van der Waals surface area contributed by atoms with E-state index in [0.29, 0.717) is 18.8 Å². The summed E-state index contributed by atoms with van der Waals surface area (Å²) in [6, 6.07) is 4.30. The van der Waals surface area contributed by atoms with Gasteiger partial charge in [0, 0.05) is 25.2 Å². The molecular formula is C30H41NO4. The largest absolute Gasteiger partial charge is 0.394 e. The van der Waals surface area contributed by atoms with E-state index < -0.39 is 12.4 Å². The highest BCUT2D eigenvalue weighted by atomic mass is 16.7. The number of hydrogen-bond acceptors (Lipinski definition) is 5. The molecule has 3 fully saturated rings. The summed E-state index contributed by atoms with van der Waals surface area (Å²) >= 11 is 0. The van der Waals surface area contributed by atoms with Gasteiger partial charge in [0.15, 0.2) is 6.29 Å². The second-order valence-electron chi connectivity index (χ2n) is 12.3. The van der Waals surface area contributed by atoms with Gasteiger partial charge in [0.1, 0.15) is 0 Å². The van der Waals surface area contributed by atoms with E-state index in [9.17, 15) is 10.2 Å². The van der Waals surface area contributed by atoms with Gasteiger partial charge in [0.25, 0.3) is 0 Å². The van der Waals surface area contributed by atoms with E-state index in [2.05, 4.69) is 43.1 Å². The molecule has 190 valence electrons. The highest BCUT2D eigenvalue weighted by molar-refractivity contribution is 5.72. The number of aliphatic hydroxyl groups excluding tert-OH is 2. The summed E-state index contributed by atoms with van der Waals surface area (Å²) in [5.74, 6) is 2.20. The Balaban J connectivity index is 1.17. The lowest BCUT2D eigenvalue weighted by atomic mass is 9.47. The summed E-state index contributed by atoms with van der Waals surface area (Å²) in [5.41, 5.74) is 4.95. The number of nitrogens with zero attached hydrogens (tertiary/aromatic N) is 1. The van der Waals surface area contributed by atoms with Gasteiger partial charge in [0.2, 0.25) is 0 Å². The van der Waals surface area contributed by atoms with Gasteiger partial charge < -0.3 is 19.7 Å². The Hall–Kier alpha value is -1.53. The van der Waals surface area contributed by atoms with E-state index in [-0.39, 0.29) is 29.6 Å². The van der Waals surface area contributed by atoms with Crippen molar-refractivity contribution in [1.82, 2.24) is 4.98 Å². The molecular weight excluding hydrogens is 438 g/mol. The van der Waals surface area contributed by atoms with Crippen molar-refractivity contribution in [2.75, 3.05) is 6.61 Å². The lowest BCUT2D eigenvalue weighted by molar-refractivity contribution is -0.242. The number of allylic oxidation sites excluding steroid dienone is 3. The maximum atomic E-state index is 10.2. The molecule has 0 amide bonds. The van der Waals surface area contributed by atoms with Crippen LogP contribution in [0.3, 0.4) is 0 Å². The molecule has 2 saturated carbocycles. The van der Waals surface area contributed by atoms with Gasteiger partial charge in [-0.15, -0.1) is 0 Å². The monoisotopic (exact) mass is 479 g/mol. The third kappa shape index (κ3) is 4.03. The smallest absolute Gasteiger partial charge is 0.160 e. The van der Waals surface area contributed by atoms with Crippen molar-refractivity contribution < 1.29 is 19.7 Å². The fraction of sp³-hybridized carbons (Fsp3) is 0.700. The maximum Gasteiger partial charge on any atom is 0.160 e. The summed E-state index contributed by atoms with van der Waals surface area (Å²) in [6.45, 7) is 4.98. The molecule has 5 nitrogen and oxygen atoms in total. The number of rotatable bonds is 4. The predicted molar refractivity (Wildman–Crippen MR) is 135 cm³/mol. The Labute approximate surface area is 209 Å². The minimum absolute atomic E-state index is 0.0642. The molecule has 1 saturated heterocycles. The standard InChI is InChI=1S/C30H41NO4/c1-29-11-9-22(34-28-16-21(33)15-23(18-32)35-28)14-20(29)5-6-24-26-8-7-25(19-4-3-13-31-17-19)30(26,2)12-10-27(24)29/h3-5,7,13,17,21-24,26-28,32-33H,6,8-12,14-16,18H2,1-2H3. The summed E-state index contributed by atoms with van der Waals surface area (Å²) in [6.07, 6.45) is 17.1. The van der Waals surface area contributed by atoms with Crippen LogP contribution in [0.15, 0.2) is 42.3 Å². The van der Waals surface area contributed by atoms with Crippen LogP contribution in [0, 0.1) is 28.6 Å². The molecule has 0 bridgehead atoms. The van der Waals surface area contributed by atoms with Crippen molar-refractivity contribution in [3.63, 3.8) is 0 Å². The molecule has 0 spiro atoms. The van der Waals surface area contributed by atoms with Crippen molar-refractivity contribution in [3.8, 4) is 0 Å². The zero-order valence-electron chi connectivity index (χ0n) is 21.2. The Morgan fingerprint density at radius 3 is 2.74 bits per heavy atom. The van der Waals surface area contributed by atoms with Gasteiger partial charge in [0.05, 0.1) is 24.9 Å². The van der Waals surface area contributed by atoms with Crippen molar-refractivity contribution in [1.29, 1.82) is 0 Å². The van der Waals surface area contributed by atoms with Gasteiger partial charge >= 0.3 is 0 Å². The second-order valence-corrected chi connectivity index (χ2v) is 12.3. The normalized spacial score (nSPS) is 45.1. The molecule has 1 aromatic rings. The molecule has 6 rings (SSSR count). The molecule has 2 heterocycles. The Bertz CT molecular complexity index is 991. The minimum Gasteiger partial charge on any atom is -0.394 e. The SMILES string of the molecule is CC12CCC(OC3CC(O)CC(CO)O3)CC1=CCC1C2CCC2(C)C(c3cccnc3)=CCC12. The Morgan fingerprint density at radius 1 is 1.09 bits per heavy atom. The van der Waals surface area contributed by atoms with Crippen LogP contribution in [0.25, 0.3) is 5.57 Å². The molecule has 1 aromatic heterocycles. The van der Waals surface area contributed by atoms with Crippen molar-refractivity contribution in [2.45, 2.75) is 96.2 Å². The van der Waals surface area contributed by atoms with E-state index in [1.807, 2.05) is 12.4 Å². The van der Waals surface area contributed by atoms with Crippen LogP contribution in [-0.2, 0) is 9.47 Å². The second kappa shape index (κ2) is 9.09. The van der Waals surface area contributed by atoms with Gasteiger partial charge in [-0.3, -0.25) is 4.98 Å². The molecule has 0 radical (unpaired) electrons. The predicted octanol–water partition coefficient (Wildman–Crippen LogP) is 5.28. The van der Waals surface area contributed by atoms with E-state index >= 15 is 0 Å². The third-order valence-electron chi connectivity index (χ3n) is 10.5. The number of pyridine rings is 1. The van der Waals surface area contributed by atoms with E-state index in [4.69, 9.17) is 9.47 Å². The fourth-order valence-corrected chi connectivity index (χ4v) is 8.65. The van der Waals surface area contributed by atoms with Crippen LogP contribution in [0.2, 0.25) is 0 Å². The number of fused-ring (bicyclic) bond motifs is 5. The van der Waals surface area contributed by atoms with Crippen molar-refractivity contribution >= 4 is 5.57 Å². The minimum atomic E-state index is -0.456. The van der Waals surface area contributed by atoms with E-state index in [1.54, 1.807) is 5.57 Å². The number of aromatic nitrogens is 1. The number of hydrogen-bond donors (Lipinski definition) is 2. The van der Waals surface area contributed by atoms with Gasteiger partial charge in [-0.2, -0.15) is 0 Å². The van der Waals surface area contributed by atoms with Crippen LogP contribution in [-0.4, -0.2) is 46.4 Å². The quantitative estimate of drug-likeness (QED) is 0.575. The van der Waals surface area contributed by atoms with Gasteiger partial charge in [-0.05, 0) is 90.7 Å². The topological polar surface area (TPSA) is 71.8 Å². The molecule has 5 aliphatic rings.